The number of nitrogens with one attached hydrogen (secondary N) is 2. The summed E-state index contributed by atoms with van der Waals surface area (Å²) in [5, 5.41) is 7.80. The third-order valence-electron chi connectivity index (χ3n) is 7.89. The monoisotopic (exact) mass is 544 g/mol. The molecule has 2 amide bonds. The number of likely N-dealkylation sites (tertiary alicyclic amines) is 1. The third kappa shape index (κ3) is 6.14. The van der Waals surface area contributed by atoms with Crippen molar-refractivity contribution in [2.24, 2.45) is 5.92 Å². The van der Waals surface area contributed by atoms with Gasteiger partial charge in [0.25, 0.3) is 0 Å². The van der Waals surface area contributed by atoms with Crippen LogP contribution >= 0.6 is 23.2 Å². The van der Waals surface area contributed by atoms with Crippen molar-refractivity contribution >= 4 is 35.0 Å². The second kappa shape index (κ2) is 11.7. The van der Waals surface area contributed by atoms with Crippen LogP contribution in [0.1, 0.15) is 61.4 Å². The summed E-state index contributed by atoms with van der Waals surface area (Å²) in [7, 11) is 3.79. The Kier molecular flexibility index (Phi) is 8.85. The minimum Gasteiger partial charge on any atom is -0.346 e. The molecule has 2 aromatic carbocycles. The quantitative estimate of drug-likeness (QED) is 0.494. The Morgan fingerprint density at radius 3 is 2.51 bits per heavy atom. The van der Waals surface area contributed by atoms with Crippen LogP contribution < -0.4 is 10.6 Å². The molecule has 8 heteroatoms. The maximum Gasteiger partial charge on any atom is 0.225 e. The van der Waals surface area contributed by atoms with Crippen LogP contribution in [-0.4, -0.2) is 55.3 Å². The summed E-state index contributed by atoms with van der Waals surface area (Å²) >= 11 is 12.8. The minimum absolute atomic E-state index is 0.0679. The molecule has 1 fully saturated rings. The summed E-state index contributed by atoms with van der Waals surface area (Å²) in [6, 6.07) is 12.2. The van der Waals surface area contributed by atoms with Gasteiger partial charge >= 0.3 is 0 Å². The van der Waals surface area contributed by atoms with Crippen LogP contribution in [0.4, 0.5) is 0 Å². The zero-order valence-electron chi connectivity index (χ0n) is 22.2. The van der Waals surface area contributed by atoms with Gasteiger partial charge in [0.05, 0.1) is 22.0 Å². The third-order valence-corrected chi connectivity index (χ3v) is 8.61. The first-order valence-electron chi connectivity index (χ1n) is 13.2. The van der Waals surface area contributed by atoms with Gasteiger partial charge in [-0.15, -0.1) is 0 Å². The van der Waals surface area contributed by atoms with Gasteiger partial charge in [-0.3, -0.25) is 9.59 Å². The number of fused-ring (bicyclic) bond motifs is 2. The molecule has 2 N–H and O–H groups in total. The maximum atomic E-state index is 12.5. The molecule has 200 valence electrons. The number of benzene rings is 2. The van der Waals surface area contributed by atoms with Gasteiger partial charge in [-0.05, 0) is 67.2 Å². The first-order chi connectivity index (χ1) is 17.6. The predicted octanol–water partition coefficient (Wildman–Crippen LogP) is 4.92. The van der Waals surface area contributed by atoms with E-state index in [9.17, 15) is 9.59 Å². The van der Waals surface area contributed by atoms with Gasteiger partial charge in [-0.2, -0.15) is 0 Å². The van der Waals surface area contributed by atoms with Gasteiger partial charge in [0, 0.05) is 38.6 Å². The van der Waals surface area contributed by atoms with Crippen molar-refractivity contribution in [3.63, 3.8) is 0 Å². The number of halogens is 2. The fraction of sp³-hybridized carbons (Fsp3) is 0.517. The van der Waals surface area contributed by atoms with Crippen molar-refractivity contribution in [1.82, 2.24) is 20.4 Å². The van der Waals surface area contributed by atoms with Crippen LogP contribution in [0.3, 0.4) is 0 Å². The van der Waals surface area contributed by atoms with E-state index in [1.54, 1.807) is 4.90 Å². The molecule has 1 spiro atoms. The van der Waals surface area contributed by atoms with E-state index in [-0.39, 0.29) is 29.3 Å². The Bertz CT molecular complexity index is 1140. The number of carbonyl (C=O) groups excluding carboxylic acids is 2. The van der Waals surface area contributed by atoms with Crippen molar-refractivity contribution in [3.05, 3.63) is 68.7 Å². The Morgan fingerprint density at radius 1 is 1.16 bits per heavy atom. The minimum atomic E-state index is -0.255. The number of nitrogens with zero attached hydrogens (tertiary/aromatic N) is 2. The molecule has 2 aromatic rings. The molecule has 1 atom stereocenters. The summed E-state index contributed by atoms with van der Waals surface area (Å²) < 4.78 is 0. The maximum absolute atomic E-state index is 12.5. The summed E-state index contributed by atoms with van der Waals surface area (Å²) in [6.07, 6.45) is 3.16. The van der Waals surface area contributed by atoms with E-state index < -0.39 is 0 Å². The highest BCUT2D eigenvalue weighted by Gasteiger charge is 2.41. The number of piperidine rings is 1. The van der Waals surface area contributed by atoms with Crippen LogP contribution in [0.15, 0.2) is 36.4 Å². The van der Waals surface area contributed by atoms with E-state index in [1.165, 1.54) is 5.56 Å². The number of hydrogen-bond acceptors (Lipinski definition) is 4. The van der Waals surface area contributed by atoms with Crippen LogP contribution in [0.5, 0.6) is 0 Å². The highest BCUT2D eigenvalue weighted by molar-refractivity contribution is 6.42. The molecule has 2 heterocycles. The number of carbonyl (C=O) groups is 2. The lowest BCUT2D eigenvalue weighted by Gasteiger charge is -2.46. The molecular weight excluding hydrogens is 507 g/mol. The Labute approximate surface area is 230 Å². The molecule has 0 radical (unpaired) electrons. The van der Waals surface area contributed by atoms with Crippen molar-refractivity contribution < 1.29 is 9.59 Å². The lowest BCUT2D eigenvalue weighted by molar-refractivity contribution is -0.133. The molecular formula is C29H38Cl2N4O2. The standard InChI is InChI=1S/C29H38Cl2N4O2/c1-19(2)28(37)34(4)18-21-15-24(30)25(31)17-22(21)26(32-3)9-12-35-13-10-29(11-14-35)23-8-6-5-7-20(23)16-27(36)33-29/h5-8,15,17,19,26,32H,9-14,16,18H2,1-4H3,(H,33,36)/t26-/m0/s1. The van der Waals surface area contributed by atoms with E-state index in [0.29, 0.717) is 23.0 Å². The van der Waals surface area contributed by atoms with E-state index >= 15 is 0 Å². The summed E-state index contributed by atoms with van der Waals surface area (Å²) in [4.78, 5) is 29.2. The van der Waals surface area contributed by atoms with Gasteiger partial charge in [0.2, 0.25) is 11.8 Å². The van der Waals surface area contributed by atoms with Crippen LogP contribution in [0, 0.1) is 5.92 Å². The first-order valence-corrected chi connectivity index (χ1v) is 13.9. The lowest BCUT2D eigenvalue weighted by Crippen LogP contribution is -2.56. The van der Waals surface area contributed by atoms with Crippen molar-refractivity contribution in [1.29, 1.82) is 0 Å². The summed E-state index contributed by atoms with van der Waals surface area (Å²) in [5.41, 5.74) is 4.26. The molecule has 6 nitrogen and oxygen atoms in total. The Hall–Kier alpha value is -2.12. The van der Waals surface area contributed by atoms with E-state index in [2.05, 4.69) is 33.7 Å². The van der Waals surface area contributed by atoms with E-state index in [0.717, 1.165) is 55.6 Å². The highest BCUT2D eigenvalue weighted by Crippen LogP contribution is 2.38. The molecule has 37 heavy (non-hydrogen) atoms. The fourth-order valence-corrected chi connectivity index (χ4v) is 6.21. The van der Waals surface area contributed by atoms with Crippen molar-refractivity contribution in [3.8, 4) is 0 Å². The van der Waals surface area contributed by atoms with Crippen LogP contribution in [-0.2, 0) is 28.1 Å². The molecule has 0 bridgehead atoms. The zero-order valence-corrected chi connectivity index (χ0v) is 23.8. The Morgan fingerprint density at radius 2 is 1.84 bits per heavy atom. The molecule has 1 saturated heterocycles. The summed E-state index contributed by atoms with van der Waals surface area (Å²) in [6.45, 7) is 7.05. The van der Waals surface area contributed by atoms with E-state index in [4.69, 9.17) is 23.2 Å². The average Bonchev–Trinajstić information content (AvgIpc) is 2.87. The van der Waals surface area contributed by atoms with Crippen LogP contribution in [0.2, 0.25) is 10.0 Å². The number of hydrogen-bond donors (Lipinski definition) is 2. The first kappa shape index (κ1) is 27.9. The van der Waals surface area contributed by atoms with E-state index in [1.807, 2.05) is 46.1 Å². The zero-order chi connectivity index (χ0) is 26.7. The van der Waals surface area contributed by atoms with Gasteiger partial charge in [0.1, 0.15) is 0 Å². The fourth-order valence-electron chi connectivity index (χ4n) is 5.85. The second-order valence-corrected chi connectivity index (χ2v) is 11.6. The molecule has 2 aliphatic heterocycles. The molecule has 0 saturated carbocycles. The normalized spacial score (nSPS) is 18.0. The second-order valence-electron chi connectivity index (χ2n) is 10.7. The predicted molar refractivity (Wildman–Crippen MR) is 150 cm³/mol. The van der Waals surface area contributed by atoms with Gasteiger partial charge in [-0.25, -0.2) is 0 Å². The number of rotatable bonds is 8. The lowest BCUT2D eigenvalue weighted by atomic mass is 9.75. The molecule has 4 rings (SSSR count). The average molecular weight is 546 g/mol. The number of amides is 2. The van der Waals surface area contributed by atoms with Crippen molar-refractivity contribution in [2.75, 3.05) is 33.7 Å². The van der Waals surface area contributed by atoms with Crippen molar-refractivity contribution in [2.45, 2.75) is 57.7 Å². The molecule has 0 unspecified atom stereocenters. The highest BCUT2D eigenvalue weighted by atomic mass is 35.5. The van der Waals surface area contributed by atoms with Gasteiger partial charge in [-0.1, -0.05) is 61.3 Å². The molecule has 2 aliphatic rings. The van der Waals surface area contributed by atoms with Gasteiger partial charge in [0.15, 0.2) is 0 Å². The summed E-state index contributed by atoms with van der Waals surface area (Å²) in [5.74, 6) is 0.145. The SMILES string of the molecule is CN[C@@H](CCN1CCC2(CC1)NC(=O)Cc1ccccc12)c1cc(Cl)c(Cl)cc1CN(C)C(=O)C(C)C. The smallest absolute Gasteiger partial charge is 0.225 e. The molecule has 0 aliphatic carbocycles. The van der Waals surface area contributed by atoms with Crippen LogP contribution in [0.25, 0.3) is 0 Å². The van der Waals surface area contributed by atoms with Gasteiger partial charge < -0.3 is 20.4 Å². The molecule has 0 aromatic heterocycles. The largest absolute Gasteiger partial charge is 0.346 e. The topological polar surface area (TPSA) is 64.7 Å². The Balaban J connectivity index is 1.44.